The number of nitrogens with one attached hydrogen (secondary N) is 2. The number of amides is 1. The highest BCUT2D eigenvalue weighted by molar-refractivity contribution is 9.10. The average molecular weight is 297 g/mol. The van der Waals surface area contributed by atoms with Crippen molar-refractivity contribution in [2.75, 3.05) is 19.6 Å². The van der Waals surface area contributed by atoms with Gasteiger partial charge in [-0.1, -0.05) is 28.1 Å². The number of hydrogen-bond acceptors (Lipinski definition) is 2. The summed E-state index contributed by atoms with van der Waals surface area (Å²) in [6.45, 7) is 2.88. The summed E-state index contributed by atoms with van der Waals surface area (Å²) < 4.78 is 1.07. The van der Waals surface area contributed by atoms with Crippen molar-refractivity contribution in [3.8, 4) is 0 Å². The molecule has 1 amide bonds. The Morgan fingerprint density at radius 3 is 2.65 bits per heavy atom. The predicted octanol–water partition coefficient (Wildman–Crippen LogP) is 1.72. The van der Waals surface area contributed by atoms with Gasteiger partial charge in [0.15, 0.2) is 0 Å². The first-order valence-corrected chi connectivity index (χ1v) is 6.75. The lowest BCUT2D eigenvalue weighted by molar-refractivity contribution is -0.121. The number of benzene rings is 1. The fourth-order valence-electron chi connectivity index (χ4n) is 1.75. The van der Waals surface area contributed by atoms with Gasteiger partial charge in [0.1, 0.15) is 0 Å². The Morgan fingerprint density at radius 1 is 1.35 bits per heavy atom. The molecule has 1 aliphatic heterocycles. The van der Waals surface area contributed by atoms with Crippen LogP contribution in [-0.2, 0) is 11.2 Å². The van der Waals surface area contributed by atoms with Gasteiger partial charge in [0.2, 0.25) is 5.91 Å². The average Bonchev–Trinajstić information content (AvgIpc) is 2.26. The highest BCUT2D eigenvalue weighted by Gasteiger charge is 2.16. The van der Waals surface area contributed by atoms with E-state index >= 15 is 0 Å². The number of rotatable bonds is 5. The van der Waals surface area contributed by atoms with Crippen molar-refractivity contribution in [1.82, 2.24) is 10.6 Å². The molecule has 4 heteroatoms. The van der Waals surface area contributed by atoms with Crippen LogP contribution in [0, 0.1) is 5.92 Å². The van der Waals surface area contributed by atoms with Crippen LogP contribution < -0.4 is 10.6 Å². The Balaban J connectivity index is 1.66. The Hall–Kier alpha value is -0.870. The summed E-state index contributed by atoms with van der Waals surface area (Å²) in [5, 5.41) is 6.17. The van der Waals surface area contributed by atoms with Crippen molar-refractivity contribution in [1.29, 1.82) is 0 Å². The van der Waals surface area contributed by atoms with Gasteiger partial charge in [0.05, 0.1) is 0 Å². The van der Waals surface area contributed by atoms with E-state index in [4.69, 9.17) is 0 Å². The largest absolute Gasteiger partial charge is 0.356 e. The molecule has 0 atom stereocenters. The van der Waals surface area contributed by atoms with Crippen molar-refractivity contribution < 1.29 is 4.79 Å². The number of carbonyl (C=O) groups excluding carboxylic acids is 1. The Labute approximate surface area is 110 Å². The molecule has 1 aromatic carbocycles. The zero-order valence-electron chi connectivity index (χ0n) is 9.71. The van der Waals surface area contributed by atoms with Crippen LogP contribution in [0.15, 0.2) is 28.7 Å². The first-order chi connectivity index (χ1) is 8.24. The number of aryl methyl sites for hydroxylation is 1. The van der Waals surface area contributed by atoms with E-state index in [-0.39, 0.29) is 5.91 Å². The third-order valence-corrected chi connectivity index (χ3v) is 3.54. The molecule has 2 N–H and O–H groups in total. The van der Waals surface area contributed by atoms with Crippen LogP contribution in [0.5, 0.6) is 0 Å². The summed E-state index contributed by atoms with van der Waals surface area (Å²) in [7, 11) is 0. The molecule has 0 unspecified atom stereocenters. The van der Waals surface area contributed by atoms with Crippen LogP contribution in [-0.4, -0.2) is 25.5 Å². The van der Waals surface area contributed by atoms with Gasteiger partial charge < -0.3 is 10.6 Å². The Bertz CT molecular complexity index is 374. The van der Waals surface area contributed by atoms with E-state index in [1.165, 1.54) is 5.56 Å². The van der Waals surface area contributed by atoms with Gasteiger partial charge in [-0.05, 0) is 24.1 Å². The molecular weight excluding hydrogens is 280 g/mol. The second-order valence-corrected chi connectivity index (χ2v) is 5.37. The predicted molar refractivity (Wildman–Crippen MR) is 71.8 cm³/mol. The van der Waals surface area contributed by atoms with Gasteiger partial charge in [-0.25, -0.2) is 0 Å². The molecule has 0 aliphatic carbocycles. The molecule has 1 aliphatic rings. The maximum Gasteiger partial charge on any atom is 0.220 e. The number of carbonyl (C=O) groups is 1. The third kappa shape index (κ3) is 4.13. The zero-order chi connectivity index (χ0) is 12.1. The standard InChI is InChI=1S/C13H17BrN2O/c14-12-4-1-10(2-5-12)3-6-13(17)16-9-11-7-15-8-11/h1-2,4-5,11,15H,3,6-9H2,(H,16,17). The van der Waals surface area contributed by atoms with Gasteiger partial charge in [-0.3, -0.25) is 4.79 Å². The summed E-state index contributed by atoms with van der Waals surface area (Å²) >= 11 is 3.40. The molecule has 1 saturated heterocycles. The summed E-state index contributed by atoms with van der Waals surface area (Å²) in [6, 6.07) is 8.11. The molecule has 2 rings (SSSR count). The van der Waals surface area contributed by atoms with Gasteiger partial charge in [0, 0.05) is 36.4 Å². The lowest BCUT2D eigenvalue weighted by Gasteiger charge is -2.27. The molecule has 17 heavy (non-hydrogen) atoms. The highest BCUT2D eigenvalue weighted by atomic mass is 79.9. The van der Waals surface area contributed by atoms with Crippen LogP contribution in [0.3, 0.4) is 0 Å². The van der Waals surface area contributed by atoms with E-state index in [0.29, 0.717) is 12.3 Å². The number of halogens is 1. The van der Waals surface area contributed by atoms with Crippen LogP contribution in [0.4, 0.5) is 0 Å². The second kappa shape index (κ2) is 6.17. The van der Waals surface area contributed by atoms with Crippen molar-refractivity contribution in [2.24, 2.45) is 5.92 Å². The maximum atomic E-state index is 11.6. The van der Waals surface area contributed by atoms with Gasteiger partial charge in [-0.15, -0.1) is 0 Å². The third-order valence-electron chi connectivity index (χ3n) is 3.01. The molecule has 92 valence electrons. The summed E-state index contributed by atoms with van der Waals surface area (Å²) in [4.78, 5) is 11.6. The van der Waals surface area contributed by atoms with Crippen molar-refractivity contribution in [3.63, 3.8) is 0 Å². The van der Waals surface area contributed by atoms with E-state index in [9.17, 15) is 4.79 Å². The fraction of sp³-hybridized carbons (Fsp3) is 0.462. The molecule has 3 nitrogen and oxygen atoms in total. The topological polar surface area (TPSA) is 41.1 Å². The molecule has 0 saturated carbocycles. The smallest absolute Gasteiger partial charge is 0.220 e. The van der Waals surface area contributed by atoms with Crippen molar-refractivity contribution >= 4 is 21.8 Å². The van der Waals surface area contributed by atoms with Crippen LogP contribution in [0.1, 0.15) is 12.0 Å². The van der Waals surface area contributed by atoms with Crippen LogP contribution in [0.25, 0.3) is 0 Å². The van der Waals surface area contributed by atoms with E-state index < -0.39 is 0 Å². The van der Waals surface area contributed by atoms with E-state index in [2.05, 4.69) is 26.6 Å². The van der Waals surface area contributed by atoms with Gasteiger partial charge >= 0.3 is 0 Å². The minimum atomic E-state index is 0.153. The Kier molecular flexibility index (Phi) is 4.57. The maximum absolute atomic E-state index is 11.6. The zero-order valence-corrected chi connectivity index (χ0v) is 11.3. The quantitative estimate of drug-likeness (QED) is 0.869. The molecule has 1 heterocycles. The fourth-order valence-corrected chi connectivity index (χ4v) is 2.01. The Morgan fingerprint density at radius 2 is 2.06 bits per heavy atom. The minimum Gasteiger partial charge on any atom is -0.356 e. The highest BCUT2D eigenvalue weighted by Crippen LogP contribution is 2.11. The normalized spacial score (nSPS) is 15.4. The molecule has 1 fully saturated rings. The molecular formula is C13H17BrN2O. The van der Waals surface area contributed by atoms with Crippen molar-refractivity contribution in [2.45, 2.75) is 12.8 Å². The van der Waals surface area contributed by atoms with E-state index in [1.54, 1.807) is 0 Å². The molecule has 0 bridgehead atoms. The second-order valence-electron chi connectivity index (χ2n) is 4.45. The molecule has 0 aromatic heterocycles. The van der Waals surface area contributed by atoms with Gasteiger partial charge in [0.25, 0.3) is 0 Å². The monoisotopic (exact) mass is 296 g/mol. The lowest BCUT2D eigenvalue weighted by Crippen LogP contribution is -2.48. The molecule has 0 radical (unpaired) electrons. The molecule has 1 aromatic rings. The SMILES string of the molecule is O=C(CCc1ccc(Br)cc1)NCC1CNC1. The summed E-state index contributed by atoms with van der Waals surface area (Å²) in [5.74, 6) is 0.784. The van der Waals surface area contributed by atoms with E-state index in [1.807, 2.05) is 24.3 Å². The first kappa shape index (κ1) is 12.6. The molecule has 0 spiro atoms. The van der Waals surface area contributed by atoms with Gasteiger partial charge in [-0.2, -0.15) is 0 Å². The van der Waals surface area contributed by atoms with Crippen LogP contribution >= 0.6 is 15.9 Å². The van der Waals surface area contributed by atoms with Crippen molar-refractivity contribution in [3.05, 3.63) is 34.3 Å². The summed E-state index contributed by atoms with van der Waals surface area (Å²) in [6.07, 6.45) is 1.38. The minimum absolute atomic E-state index is 0.153. The van der Waals surface area contributed by atoms with Crippen LogP contribution in [0.2, 0.25) is 0 Å². The number of hydrogen-bond donors (Lipinski definition) is 2. The first-order valence-electron chi connectivity index (χ1n) is 5.96. The summed E-state index contributed by atoms with van der Waals surface area (Å²) in [5.41, 5.74) is 1.20. The lowest BCUT2D eigenvalue weighted by atomic mass is 10.0. The van der Waals surface area contributed by atoms with E-state index in [0.717, 1.165) is 30.5 Å².